The zero-order chi connectivity index (χ0) is 21.1. The molecule has 1 amide bonds. The maximum Gasteiger partial charge on any atom is 0.310 e. The standard InChI is InChI=1S/C22H23FN4O3/c1-2-30-22(29)16-6-5-13-26(15-16)21(28)19-14-24-27(18-9-7-17(23)8-10-18)20(19)25-11-3-4-12-25/h3-4,7-12,14,16H,2,5-6,13,15H2,1H3/t16-/m0/s1. The number of nitrogens with zero attached hydrogens (tertiary/aromatic N) is 4. The van der Waals surface area contributed by atoms with Gasteiger partial charge in [0.05, 0.1) is 24.4 Å². The normalized spacial score (nSPS) is 16.5. The van der Waals surface area contributed by atoms with Gasteiger partial charge in [0, 0.05) is 25.5 Å². The zero-order valence-electron chi connectivity index (χ0n) is 16.7. The molecule has 0 radical (unpaired) electrons. The number of rotatable bonds is 5. The van der Waals surface area contributed by atoms with Crippen LogP contribution in [0.5, 0.6) is 0 Å². The molecule has 0 aliphatic carbocycles. The first-order chi connectivity index (χ1) is 14.6. The van der Waals surface area contributed by atoms with Gasteiger partial charge in [-0.05, 0) is 56.2 Å². The average Bonchev–Trinajstić information content (AvgIpc) is 3.44. The molecule has 0 saturated carbocycles. The lowest BCUT2D eigenvalue weighted by molar-refractivity contribution is -0.149. The first-order valence-corrected chi connectivity index (χ1v) is 10.0. The topological polar surface area (TPSA) is 69.4 Å². The summed E-state index contributed by atoms with van der Waals surface area (Å²) in [5.74, 6) is -0.550. The second kappa shape index (κ2) is 8.52. The SMILES string of the molecule is CCOC(=O)[C@H]1CCCN(C(=O)c2cnn(-c3ccc(F)cc3)c2-n2cccc2)C1. The molecule has 0 spiro atoms. The molecular weight excluding hydrogens is 387 g/mol. The number of likely N-dealkylation sites (tertiary alicyclic amines) is 1. The van der Waals surface area contributed by atoms with Gasteiger partial charge in [-0.3, -0.25) is 9.59 Å². The molecule has 3 heterocycles. The van der Waals surface area contributed by atoms with Crippen molar-refractivity contribution < 1.29 is 18.7 Å². The number of hydrogen-bond acceptors (Lipinski definition) is 4. The molecule has 1 aliphatic rings. The largest absolute Gasteiger partial charge is 0.466 e. The molecule has 1 atom stereocenters. The molecule has 0 unspecified atom stereocenters. The van der Waals surface area contributed by atoms with Crippen LogP contribution >= 0.6 is 0 Å². The van der Waals surface area contributed by atoms with Crippen LogP contribution < -0.4 is 0 Å². The Morgan fingerprint density at radius 2 is 1.93 bits per heavy atom. The van der Waals surface area contributed by atoms with Crippen LogP contribution in [0, 0.1) is 11.7 Å². The Hall–Kier alpha value is -3.42. The number of hydrogen-bond donors (Lipinski definition) is 0. The van der Waals surface area contributed by atoms with Crippen molar-refractivity contribution in [3.63, 3.8) is 0 Å². The molecule has 3 aromatic rings. The Kier molecular flexibility index (Phi) is 5.65. The summed E-state index contributed by atoms with van der Waals surface area (Å²) in [4.78, 5) is 27.2. The molecule has 1 saturated heterocycles. The molecule has 1 aromatic carbocycles. The molecule has 7 nitrogen and oxygen atoms in total. The van der Waals surface area contributed by atoms with E-state index in [0.717, 1.165) is 6.42 Å². The first kappa shape index (κ1) is 19.9. The van der Waals surface area contributed by atoms with E-state index >= 15 is 0 Å². The highest BCUT2D eigenvalue weighted by Gasteiger charge is 2.32. The molecule has 1 fully saturated rings. The van der Waals surface area contributed by atoms with E-state index in [-0.39, 0.29) is 23.6 Å². The molecule has 0 bridgehead atoms. The van der Waals surface area contributed by atoms with E-state index in [4.69, 9.17) is 4.74 Å². The summed E-state index contributed by atoms with van der Waals surface area (Å²) in [6.45, 7) is 2.99. The van der Waals surface area contributed by atoms with Crippen molar-refractivity contribution in [2.45, 2.75) is 19.8 Å². The lowest BCUT2D eigenvalue weighted by atomic mass is 9.97. The lowest BCUT2D eigenvalue weighted by Crippen LogP contribution is -2.43. The van der Waals surface area contributed by atoms with Crippen molar-refractivity contribution in [2.24, 2.45) is 5.92 Å². The van der Waals surface area contributed by atoms with Crippen molar-refractivity contribution in [1.82, 2.24) is 19.2 Å². The monoisotopic (exact) mass is 410 g/mol. The second-order valence-electron chi connectivity index (χ2n) is 7.20. The summed E-state index contributed by atoms with van der Waals surface area (Å²) in [5.41, 5.74) is 1.06. The fourth-order valence-electron chi connectivity index (χ4n) is 3.77. The Morgan fingerprint density at radius 1 is 1.20 bits per heavy atom. The Morgan fingerprint density at radius 3 is 2.63 bits per heavy atom. The zero-order valence-corrected chi connectivity index (χ0v) is 16.7. The number of ether oxygens (including phenoxy) is 1. The maximum atomic E-state index is 13.4. The molecule has 8 heteroatoms. The summed E-state index contributed by atoms with van der Waals surface area (Å²) in [7, 11) is 0. The number of amides is 1. The molecule has 0 N–H and O–H groups in total. The van der Waals surface area contributed by atoms with Gasteiger partial charge in [-0.2, -0.15) is 5.10 Å². The van der Waals surface area contributed by atoms with Crippen molar-refractivity contribution >= 4 is 11.9 Å². The minimum absolute atomic E-state index is 0.193. The highest BCUT2D eigenvalue weighted by molar-refractivity contribution is 5.97. The number of carbonyl (C=O) groups excluding carboxylic acids is 2. The van der Waals surface area contributed by atoms with Gasteiger partial charge in [-0.25, -0.2) is 9.07 Å². The number of esters is 1. The molecule has 30 heavy (non-hydrogen) atoms. The summed E-state index contributed by atoms with van der Waals surface area (Å²) < 4.78 is 21.9. The summed E-state index contributed by atoms with van der Waals surface area (Å²) >= 11 is 0. The Bertz CT molecular complexity index is 1030. The Balaban J connectivity index is 1.68. The van der Waals surface area contributed by atoms with Crippen LogP contribution in [0.2, 0.25) is 0 Å². The predicted octanol–water partition coefficient (Wildman–Crippen LogP) is 3.22. The van der Waals surface area contributed by atoms with E-state index < -0.39 is 0 Å². The van der Waals surface area contributed by atoms with Crippen LogP contribution in [0.4, 0.5) is 4.39 Å². The molecule has 2 aromatic heterocycles. The number of carbonyl (C=O) groups is 2. The van der Waals surface area contributed by atoms with Gasteiger partial charge in [0.25, 0.3) is 5.91 Å². The first-order valence-electron chi connectivity index (χ1n) is 10.0. The van der Waals surface area contributed by atoms with Gasteiger partial charge < -0.3 is 14.2 Å². The minimum Gasteiger partial charge on any atom is -0.466 e. The smallest absolute Gasteiger partial charge is 0.310 e. The van der Waals surface area contributed by atoms with E-state index in [1.807, 2.05) is 24.5 Å². The molecule has 4 rings (SSSR count). The highest BCUT2D eigenvalue weighted by atomic mass is 19.1. The second-order valence-corrected chi connectivity index (χ2v) is 7.20. The van der Waals surface area contributed by atoms with Gasteiger partial charge in [-0.15, -0.1) is 0 Å². The van der Waals surface area contributed by atoms with E-state index in [0.29, 0.717) is 43.2 Å². The van der Waals surface area contributed by atoms with Gasteiger partial charge in [0.2, 0.25) is 0 Å². The van der Waals surface area contributed by atoms with E-state index in [1.165, 1.54) is 18.3 Å². The quantitative estimate of drug-likeness (QED) is 0.606. The van der Waals surface area contributed by atoms with E-state index in [2.05, 4.69) is 5.10 Å². The minimum atomic E-state index is -0.344. The molecular formula is C22H23FN4O3. The number of piperidine rings is 1. The van der Waals surface area contributed by atoms with Gasteiger partial charge in [-0.1, -0.05) is 0 Å². The van der Waals surface area contributed by atoms with Crippen LogP contribution in [0.25, 0.3) is 11.5 Å². The van der Waals surface area contributed by atoms with Crippen molar-refractivity contribution in [3.8, 4) is 11.5 Å². The number of halogens is 1. The fraction of sp³-hybridized carbons (Fsp3) is 0.318. The van der Waals surface area contributed by atoms with Crippen molar-refractivity contribution in [2.75, 3.05) is 19.7 Å². The van der Waals surface area contributed by atoms with E-state index in [1.54, 1.807) is 33.2 Å². The summed E-state index contributed by atoms with van der Waals surface area (Å²) in [5, 5.41) is 4.41. The molecule has 1 aliphatic heterocycles. The van der Waals surface area contributed by atoms with Crippen LogP contribution in [-0.4, -0.2) is 50.8 Å². The molecule has 156 valence electrons. The van der Waals surface area contributed by atoms with Crippen LogP contribution in [0.15, 0.2) is 55.0 Å². The van der Waals surface area contributed by atoms with Crippen LogP contribution in [0.1, 0.15) is 30.1 Å². The van der Waals surface area contributed by atoms with Crippen molar-refractivity contribution in [3.05, 3.63) is 66.4 Å². The van der Waals surface area contributed by atoms with Gasteiger partial charge in [0.15, 0.2) is 5.82 Å². The third kappa shape index (κ3) is 3.85. The van der Waals surface area contributed by atoms with Gasteiger partial charge >= 0.3 is 5.97 Å². The number of benzene rings is 1. The lowest BCUT2D eigenvalue weighted by Gasteiger charge is -2.31. The fourth-order valence-corrected chi connectivity index (χ4v) is 3.77. The van der Waals surface area contributed by atoms with Crippen LogP contribution in [0.3, 0.4) is 0 Å². The highest BCUT2D eigenvalue weighted by Crippen LogP contribution is 2.25. The third-order valence-electron chi connectivity index (χ3n) is 5.22. The predicted molar refractivity (Wildman–Crippen MR) is 108 cm³/mol. The third-order valence-corrected chi connectivity index (χ3v) is 5.22. The van der Waals surface area contributed by atoms with E-state index in [9.17, 15) is 14.0 Å². The summed E-state index contributed by atoms with van der Waals surface area (Å²) in [6, 6.07) is 9.64. The average molecular weight is 410 g/mol. The van der Waals surface area contributed by atoms with Crippen molar-refractivity contribution in [1.29, 1.82) is 0 Å². The summed E-state index contributed by atoms with van der Waals surface area (Å²) in [6.07, 6.45) is 6.62. The maximum absolute atomic E-state index is 13.4. The van der Waals surface area contributed by atoms with Gasteiger partial charge in [0.1, 0.15) is 11.4 Å². The Labute approximate surface area is 173 Å². The van der Waals surface area contributed by atoms with Crippen LogP contribution in [-0.2, 0) is 9.53 Å². The number of aromatic nitrogens is 3.